The van der Waals surface area contributed by atoms with Crippen LogP contribution < -0.4 is 10.6 Å². The number of guanidine groups is 1. The van der Waals surface area contributed by atoms with Gasteiger partial charge in [-0.2, -0.15) is 11.8 Å². The van der Waals surface area contributed by atoms with E-state index in [0.717, 1.165) is 71.3 Å². The van der Waals surface area contributed by atoms with Crippen molar-refractivity contribution in [1.82, 2.24) is 15.5 Å². The first-order valence-corrected chi connectivity index (χ1v) is 10.9. The standard InChI is InChI=1S/C18H34N4O2S.HI/c1-3-19-16(20-13-17(2)5-4-9-24-17)21-14-18(6-12-25-15-18)22-7-10-23-11-8-22;/h3-15H2,1-2H3,(H2,19,20,21);1H. The van der Waals surface area contributed by atoms with Crippen LogP contribution in [-0.4, -0.2) is 86.0 Å². The summed E-state index contributed by atoms with van der Waals surface area (Å²) in [5.74, 6) is 3.34. The molecule has 0 spiro atoms. The van der Waals surface area contributed by atoms with E-state index in [1.54, 1.807) is 0 Å². The van der Waals surface area contributed by atoms with E-state index in [9.17, 15) is 0 Å². The average Bonchev–Trinajstić information content (AvgIpc) is 3.29. The zero-order chi connectivity index (χ0) is 17.6. The summed E-state index contributed by atoms with van der Waals surface area (Å²) in [6.45, 7) is 11.5. The molecule has 0 aromatic rings. The topological polar surface area (TPSA) is 58.1 Å². The molecule has 3 heterocycles. The molecule has 0 saturated carbocycles. The van der Waals surface area contributed by atoms with E-state index < -0.39 is 0 Å². The highest BCUT2D eigenvalue weighted by atomic mass is 127. The van der Waals surface area contributed by atoms with Gasteiger partial charge in [0, 0.05) is 38.5 Å². The minimum atomic E-state index is -0.0543. The molecule has 2 unspecified atom stereocenters. The maximum atomic E-state index is 5.89. The molecule has 0 aromatic heterocycles. The van der Waals surface area contributed by atoms with Gasteiger partial charge in [-0.05, 0) is 38.9 Å². The highest BCUT2D eigenvalue weighted by Gasteiger charge is 2.40. The second kappa shape index (κ2) is 10.7. The van der Waals surface area contributed by atoms with Crippen molar-refractivity contribution in [3.8, 4) is 0 Å². The van der Waals surface area contributed by atoms with Crippen LogP contribution in [0.15, 0.2) is 4.99 Å². The lowest BCUT2D eigenvalue weighted by Crippen LogP contribution is -2.56. The predicted molar refractivity (Wildman–Crippen MR) is 120 cm³/mol. The zero-order valence-corrected chi connectivity index (χ0v) is 19.4. The molecular formula is C18H35IN4O2S. The fraction of sp³-hybridized carbons (Fsp3) is 0.944. The Balaban J connectivity index is 0.00000243. The van der Waals surface area contributed by atoms with E-state index in [-0.39, 0.29) is 35.1 Å². The van der Waals surface area contributed by atoms with Gasteiger partial charge in [0.2, 0.25) is 0 Å². The van der Waals surface area contributed by atoms with E-state index in [0.29, 0.717) is 0 Å². The summed E-state index contributed by atoms with van der Waals surface area (Å²) >= 11 is 2.06. The SMILES string of the molecule is CCNC(=NCC1(N2CCOCC2)CCSC1)NCC1(C)CCCO1.I. The Morgan fingerprint density at radius 2 is 2.00 bits per heavy atom. The number of nitrogens with zero attached hydrogens (tertiary/aromatic N) is 2. The van der Waals surface area contributed by atoms with Crippen molar-refractivity contribution >= 4 is 41.7 Å². The first-order valence-electron chi connectivity index (χ1n) is 9.73. The Hall–Kier alpha value is 0.230. The normalized spacial score (nSPS) is 33.1. The smallest absolute Gasteiger partial charge is 0.191 e. The first-order chi connectivity index (χ1) is 12.2. The molecular weight excluding hydrogens is 463 g/mol. The van der Waals surface area contributed by atoms with Crippen LogP contribution in [0.3, 0.4) is 0 Å². The molecule has 3 aliphatic heterocycles. The summed E-state index contributed by atoms with van der Waals surface area (Å²) in [5.41, 5.74) is 0.145. The summed E-state index contributed by atoms with van der Waals surface area (Å²) < 4.78 is 11.4. The van der Waals surface area contributed by atoms with Crippen LogP contribution in [0, 0.1) is 0 Å². The molecule has 8 heteroatoms. The fourth-order valence-corrected chi connectivity index (χ4v) is 5.39. The average molecular weight is 498 g/mol. The molecule has 3 saturated heterocycles. The van der Waals surface area contributed by atoms with E-state index in [1.165, 1.54) is 17.9 Å². The number of hydrogen-bond donors (Lipinski definition) is 2. The van der Waals surface area contributed by atoms with Crippen LogP contribution in [0.25, 0.3) is 0 Å². The number of thioether (sulfide) groups is 1. The van der Waals surface area contributed by atoms with Gasteiger partial charge in [0.15, 0.2) is 5.96 Å². The lowest BCUT2D eigenvalue weighted by atomic mass is 9.96. The molecule has 0 amide bonds. The molecule has 0 radical (unpaired) electrons. The van der Waals surface area contributed by atoms with Crippen LogP contribution in [-0.2, 0) is 9.47 Å². The van der Waals surface area contributed by atoms with Crippen LogP contribution >= 0.6 is 35.7 Å². The van der Waals surface area contributed by atoms with Gasteiger partial charge in [-0.3, -0.25) is 9.89 Å². The molecule has 0 bridgehead atoms. The predicted octanol–water partition coefficient (Wildman–Crippen LogP) is 1.94. The third kappa shape index (κ3) is 5.86. The third-order valence-electron chi connectivity index (χ3n) is 5.57. The Bertz CT molecular complexity index is 448. The van der Waals surface area contributed by atoms with E-state index in [4.69, 9.17) is 14.5 Å². The second-order valence-corrected chi connectivity index (χ2v) is 8.68. The van der Waals surface area contributed by atoms with Gasteiger partial charge in [0.05, 0.1) is 30.9 Å². The molecule has 6 nitrogen and oxygen atoms in total. The minimum absolute atomic E-state index is 0. The number of halogens is 1. The van der Waals surface area contributed by atoms with Crippen molar-refractivity contribution in [1.29, 1.82) is 0 Å². The highest BCUT2D eigenvalue weighted by molar-refractivity contribution is 14.0. The maximum absolute atomic E-state index is 5.89. The van der Waals surface area contributed by atoms with Crippen molar-refractivity contribution in [3.63, 3.8) is 0 Å². The molecule has 152 valence electrons. The number of hydrogen-bond acceptors (Lipinski definition) is 5. The van der Waals surface area contributed by atoms with Crippen LogP contribution in [0.1, 0.15) is 33.1 Å². The van der Waals surface area contributed by atoms with Crippen molar-refractivity contribution in [2.75, 3.05) is 64.1 Å². The largest absolute Gasteiger partial charge is 0.379 e. The highest BCUT2D eigenvalue weighted by Crippen LogP contribution is 2.34. The lowest BCUT2D eigenvalue weighted by molar-refractivity contribution is -0.0104. The minimum Gasteiger partial charge on any atom is -0.379 e. The molecule has 3 aliphatic rings. The quantitative estimate of drug-likeness (QED) is 0.332. The van der Waals surface area contributed by atoms with Gasteiger partial charge >= 0.3 is 0 Å². The van der Waals surface area contributed by atoms with Gasteiger partial charge in [-0.25, -0.2) is 0 Å². The van der Waals surface area contributed by atoms with Gasteiger partial charge in [-0.1, -0.05) is 0 Å². The van der Waals surface area contributed by atoms with E-state index >= 15 is 0 Å². The van der Waals surface area contributed by atoms with Crippen molar-refractivity contribution in [2.45, 2.75) is 44.2 Å². The molecule has 3 rings (SSSR count). The number of aliphatic imine (C=N–C) groups is 1. The molecule has 2 atom stereocenters. The van der Waals surface area contributed by atoms with Crippen molar-refractivity contribution in [2.24, 2.45) is 4.99 Å². The number of morpholine rings is 1. The van der Waals surface area contributed by atoms with Crippen LogP contribution in [0.5, 0.6) is 0 Å². The zero-order valence-electron chi connectivity index (χ0n) is 16.2. The van der Waals surface area contributed by atoms with Gasteiger partial charge < -0.3 is 20.1 Å². The Morgan fingerprint density at radius 3 is 2.62 bits per heavy atom. The maximum Gasteiger partial charge on any atom is 0.191 e. The fourth-order valence-electron chi connectivity index (χ4n) is 3.92. The molecule has 2 N–H and O–H groups in total. The van der Waals surface area contributed by atoms with Gasteiger partial charge in [0.1, 0.15) is 0 Å². The monoisotopic (exact) mass is 498 g/mol. The molecule has 0 aromatic carbocycles. The Morgan fingerprint density at radius 1 is 1.19 bits per heavy atom. The summed E-state index contributed by atoms with van der Waals surface area (Å²) in [7, 11) is 0. The van der Waals surface area contributed by atoms with E-state index in [2.05, 4.69) is 41.1 Å². The summed E-state index contributed by atoms with van der Waals surface area (Å²) in [6, 6.07) is 0. The number of ether oxygens (including phenoxy) is 2. The summed E-state index contributed by atoms with van der Waals surface area (Å²) in [5, 5.41) is 6.91. The van der Waals surface area contributed by atoms with Crippen LogP contribution in [0.4, 0.5) is 0 Å². The van der Waals surface area contributed by atoms with Crippen molar-refractivity contribution in [3.05, 3.63) is 0 Å². The van der Waals surface area contributed by atoms with Crippen LogP contribution in [0.2, 0.25) is 0 Å². The Kier molecular flexibility index (Phi) is 9.26. The van der Waals surface area contributed by atoms with Gasteiger partial charge in [0.25, 0.3) is 0 Å². The van der Waals surface area contributed by atoms with Gasteiger partial charge in [-0.15, -0.1) is 24.0 Å². The number of nitrogens with one attached hydrogen (secondary N) is 2. The van der Waals surface area contributed by atoms with Crippen molar-refractivity contribution < 1.29 is 9.47 Å². The molecule has 3 fully saturated rings. The number of rotatable bonds is 6. The van der Waals surface area contributed by atoms with E-state index in [1.807, 2.05) is 0 Å². The Labute approximate surface area is 179 Å². The first kappa shape index (κ1) is 22.5. The lowest BCUT2D eigenvalue weighted by Gasteiger charge is -2.42. The molecule has 0 aliphatic carbocycles. The second-order valence-electron chi connectivity index (χ2n) is 7.58. The summed E-state index contributed by atoms with van der Waals surface area (Å²) in [6.07, 6.45) is 3.50. The third-order valence-corrected chi connectivity index (χ3v) is 6.80. The summed E-state index contributed by atoms with van der Waals surface area (Å²) in [4.78, 5) is 7.59. The molecule has 26 heavy (non-hydrogen) atoms.